The number of nitrogens with zero attached hydrogens (tertiary/aromatic N) is 4. The zero-order chi connectivity index (χ0) is 20.0. The van der Waals surface area contributed by atoms with Gasteiger partial charge in [0.2, 0.25) is 0 Å². The van der Waals surface area contributed by atoms with Crippen LogP contribution in [-0.2, 0) is 13.6 Å². The molecule has 2 aromatic rings. The first-order valence-corrected chi connectivity index (χ1v) is 9.26. The predicted octanol–water partition coefficient (Wildman–Crippen LogP) is 3.62. The zero-order valence-corrected chi connectivity index (χ0v) is 20.5. The molecule has 6 nitrogen and oxygen atoms in total. The highest BCUT2D eigenvalue weighted by Crippen LogP contribution is 2.22. The van der Waals surface area contributed by atoms with E-state index in [1.54, 1.807) is 14.2 Å². The van der Waals surface area contributed by atoms with Gasteiger partial charge in [-0.15, -0.1) is 24.0 Å². The fourth-order valence-electron chi connectivity index (χ4n) is 3.06. The maximum atomic E-state index is 6.09. The van der Waals surface area contributed by atoms with E-state index in [9.17, 15) is 0 Å². The van der Waals surface area contributed by atoms with Gasteiger partial charge in [-0.3, -0.25) is 4.99 Å². The van der Waals surface area contributed by atoms with Crippen molar-refractivity contribution in [2.75, 3.05) is 41.8 Å². The Balaban J connectivity index is 0.00000392. The third-order valence-corrected chi connectivity index (χ3v) is 4.81. The van der Waals surface area contributed by atoms with Gasteiger partial charge in [0.05, 0.1) is 24.7 Å². The van der Waals surface area contributed by atoms with E-state index in [2.05, 4.69) is 46.3 Å². The van der Waals surface area contributed by atoms with E-state index in [1.807, 2.05) is 43.1 Å². The summed E-state index contributed by atoms with van der Waals surface area (Å²) in [5.41, 5.74) is 2.32. The number of halogens is 2. The van der Waals surface area contributed by atoms with Gasteiger partial charge >= 0.3 is 0 Å². The number of hydrogen-bond donors (Lipinski definition) is 1. The molecular weight excluding hydrogens is 489 g/mol. The molecule has 2 rings (SSSR count). The predicted molar refractivity (Wildman–Crippen MR) is 128 cm³/mol. The second-order valence-electron chi connectivity index (χ2n) is 6.80. The normalized spacial score (nSPS) is 12.5. The quantitative estimate of drug-likeness (QED) is 0.345. The van der Waals surface area contributed by atoms with Gasteiger partial charge in [0.15, 0.2) is 5.96 Å². The lowest BCUT2D eigenvalue weighted by molar-refractivity contribution is 0.294. The van der Waals surface area contributed by atoms with Crippen LogP contribution in [0, 0.1) is 0 Å². The molecule has 0 amide bonds. The van der Waals surface area contributed by atoms with Crippen LogP contribution in [0.1, 0.15) is 17.3 Å². The van der Waals surface area contributed by atoms with Crippen molar-refractivity contribution >= 4 is 41.5 Å². The fourth-order valence-corrected chi connectivity index (χ4v) is 3.33. The maximum absolute atomic E-state index is 6.09. The van der Waals surface area contributed by atoms with Gasteiger partial charge in [0.25, 0.3) is 0 Å². The molecule has 0 aliphatic heterocycles. The van der Waals surface area contributed by atoms with Crippen LogP contribution in [-0.4, -0.2) is 62.2 Å². The molecule has 28 heavy (non-hydrogen) atoms. The molecule has 0 fully saturated rings. The number of rotatable bonds is 7. The van der Waals surface area contributed by atoms with E-state index in [-0.39, 0.29) is 30.0 Å². The molecular formula is C20H31ClIN5O. The van der Waals surface area contributed by atoms with Crippen LogP contribution < -0.4 is 10.1 Å². The van der Waals surface area contributed by atoms with Crippen LogP contribution >= 0.6 is 35.6 Å². The summed E-state index contributed by atoms with van der Waals surface area (Å²) in [6, 6.07) is 10.3. The van der Waals surface area contributed by atoms with Crippen molar-refractivity contribution in [3.8, 4) is 5.75 Å². The first kappa shape index (κ1) is 24.6. The van der Waals surface area contributed by atoms with Crippen molar-refractivity contribution in [2.24, 2.45) is 12.0 Å². The summed E-state index contributed by atoms with van der Waals surface area (Å²) in [7, 11) is 11.7. The molecule has 1 aromatic heterocycles. The maximum Gasteiger partial charge on any atom is 0.193 e. The SMILES string of the molecule is CN=C(NCC(c1cccc(OC)c1)N(C)C)N(C)Cc1cc(Cl)cn1C.I. The summed E-state index contributed by atoms with van der Waals surface area (Å²) in [4.78, 5) is 8.70. The Kier molecular flexibility index (Phi) is 10.1. The molecule has 1 unspecified atom stereocenters. The molecule has 1 N–H and O–H groups in total. The number of nitrogens with one attached hydrogen (secondary N) is 1. The summed E-state index contributed by atoms with van der Waals surface area (Å²) in [5.74, 6) is 1.70. The first-order valence-electron chi connectivity index (χ1n) is 8.88. The molecule has 0 spiro atoms. The van der Waals surface area contributed by atoms with E-state index in [4.69, 9.17) is 16.3 Å². The Morgan fingerprint density at radius 3 is 2.54 bits per heavy atom. The number of ether oxygens (including phenoxy) is 1. The Bertz CT molecular complexity index is 778. The highest BCUT2D eigenvalue weighted by molar-refractivity contribution is 14.0. The molecule has 1 aromatic carbocycles. The summed E-state index contributed by atoms with van der Waals surface area (Å²) < 4.78 is 7.40. The van der Waals surface area contributed by atoms with Crippen molar-refractivity contribution in [1.29, 1.82) is 0 Å². The second kappa shape index (κ2) is 11.5. The van der Waals surface area contributed by atoms with Crippen molar-refractivity contribution in [3.63, 3.8) is 0 Å². The lowest BCUT2D eigenvalue weighted by Crippen LogP contribution is -2.42. The summed E-state index contributed by atoms with van der Waals surface area (Å²) in [6.07, 6.45) is 1.91. The third kappa shape index (κ3) is 6.56. The lowest BCUT2D eigenvalue weighted by Gasteiger charge is -2.28. The molecule has 0 aliphatic rings. The molecule has 0 saturated carbocycles. The van der Waals surface area contributed by atoms with Gasteiger partial charge < -0.3 is 24.4 Å². The molecule has 8 heteroatoms. The van der Waals surface area contributed by atoms with Crippen LogP contribution in [0.15, 0.2) is 41.5 Å². The largest absolute Gasteiger partial charge is 0.497 e. The Labute approximate surface area is 190 Å². The fraction of sp³-hybridized carbons (Fsp3) is 0.450. The Morgan fingerprint density at radius 1 is 1.29 bits per heavy atom. The molecule has 0 aliphatic carbocycles. The standard InChI is InChI=1S/C20H30ClN5O.HI/c1-22-20(26(5)14-17-11-16(21)13-25(17)4)23-12-19(24(2)3)15-8-7-9-18(10-15)27-6;/h7-11,13,19H,12,14H2,1-6H3,(H,22,23);1H. The van der Waals surface area contributed by atoms with Crippen LogP contribution in [0.4, 0.5) is 0 Å². The van der Waals surface area contributed by atoms with Crippen molar-refractivity contribution in [3.05, 3.63) is 52.8 Å². The molecule has 156 valence electrons. The van der Waals surface area contributed by atoms with E-state index >= 15 is 0 Å². The van der Waals surface area contributed by atoms with Crippen LogP contribution in [0.5, 0.6) is 5.75 Å². The van der Waals surface area contributed by atoms with Crippen LogP contribution in [0.3, 0.4) is 0 Å². The summed E-state index contributed by atoms with van der Waals surface area (Å²) in [6.45, 7) is 1.44. The van der Waals surface area contributed by atoms with Gasteiger partial charge in [0, 0.05) is 39.6 Å². The number of likely N-dealkylation sites (N-methyl/N-ethyl adjacent to an activating group) is 1. The van der Waals surface area contributed by atoms with Gasteiger partial charge in [0.1, 0.15) is 5.75 Å². The molecule has 1 heterocycles. The number of aliphatic imine (C=N–C) groups is 1. The monoisotopic (exact) mass is 519 g/mol. The number of guanidine groups is 1. The topological polar surface area (TPSA) is 45.0 Å². The zero-order valence-electron chi connectivity index (χ0n) is 17.4. The minimum atomic E-state index is 0. The second-order valence-corrected chi connectivity index (χ2v) is 7.24. The smallest absolute Gasteiger partial charge is 0.193 e. The highest BCUT2D eigenvalue weighted by atomic mass is 127. The molecule has 0 saturated heterocycles. The van der Waals surface area contributed by atoms with E-state index < -0.39 is 0 Å². The molecule has 0 radical (unpaired) electrons. The first-order chi connectivity index (χ1) is 12.8. The Morgan fingerprint density at radius 2 is 2.00 bits per heavy atom. The van der Waals surface area contributed by atoms with E-state index in [1.165, 1.54) is 5.56 Å². The van der Waals surface area contributed by atoms with Gasteiger partial charge in [-0.2, -0.15) is 0 Å². The third-order valence-electron chi connectivity index (χ3n) is 4.60. The lowest BCUT2D eigenvalue weighted by atomic mass is 10.1. The number of aryl methyl sites for hydroxylation is 1. The van der Waals surface area contributed by atoms with Crippen molar-refractivity contribution in [1.82, 2.24) is 19.7 Å². The van der Waals surface area contributed by atoms with E-state index in [0.29, 0.717) is 6.54 Å². The highest BCUT2D eigenvalue weighted by Gasteiger charge is 2.17. The average molecular weight is 520 g/mol. The minimum absolute atomic E-state index is 0. The summed E-state index contributed by atoms with van der Waals surface area (Å²) >= 11 is 6.09. The minimum Gasteiger partial charge on any atom is -0.497 e. The van der Waals surface area contributed by atoms with Crippen molar-refractivity contribution < 1.29 is 4.74 Å². The number of aromatic nitrogens is 1. The van der Waals surface area contributed by atoms with Gasteiger partial charge in [-0.05, 0) is 37.9 Å². The summed E-state index contributed by atoms with van der Waals surface area (Å²) in [5, 5.41) is 4.23. The molecule has 0 bridgehead atoms. The van der Waals surface area contributed by atoms with Crippen molar-refractivity contribution in [2.45, 2.75) is 12.6 Å². The number of methoxy groups -OCH3 is 1. The van der Waals surface area contributed by atoms with Crippen LogP contribution in [0.2, 0.25) is 5.02 Å². The van der Waals surface area contributed by atoms with Gasteiger partial charge in [-0.1, -0.05) is 23.7 Å². The number of benzene rings is 1. The number of hydrogen-bond acceptors (Lipinski definition) is 3. The Hall–Kier alpha value is -1.45. The average Bonchev–Trinajstić information content (AvgIpc) is 2.95. The molecule has 1 atom stereocenters. The van der Waals surface area contributed by atoms with E-state index in [0.717, 1.165) is 29.0 Å². The van der Waals surface area contributed by atoms with Crippen LogP contribution in [0.25, 0.3) is 0 Å². The van der Waals surface area contributed by atoms with Gasteiger partial charge in [-0.25, -0.2) is 0 Å².